The third-order valence-electron chi connectivity index (χ3n) is 2.91. The third-order valence-corrected chi connectivity index (χ3v) is 2.91. The van der Waals surface area contributed by atoms with E-state index in [9.17, 15) is 4.79 Å². The van der Waals surface area contributed by atoms with E-state index in [-0.39, 0.29) is 5.91 Å². The molecular formula is C11H20N2O2. The van der Waals surface area contributed by atoms with Crippen LogP contribution in [0.25, 0.3) is 0 Å². The Morgan fingerprint density at radius 1 is 1.27 bits per heavy atom. The van der Waals surface area contributed by atoms with Crippen LogP contribution >= 0.6 is 0 Å². The van der Waals surface area contributed by atoms with Crippen LogP contribution < -0.4 is 10.6 Å². The molecule has 0 aromatic heterocycles. The molecule has 1 aliphatic carbocycles. The Hall–Kier alpha value is -0.610. The van der Waals surface area contributed by atoms with E-state index in [1.807, 2.05) is 0 Å². The van der Waals surface area contributed by atoms with Gasteiger partial charge in [-0.2, -0.15) is 0 Å². The largest absolute Gasteiger partial charge is 0.378 e. The maximum atomic E-state index is 11.3. The fraction of sp³-hybridized carbons (Fsp3) is 0.909. The molecule has 0 aromatic rings. The standard InChI is InChI=1S/C11H20N2O2/c14-11(13-9-1-2-9)5-8-15-10-3-6-12-7-4-10/h9-10,12H,1-8H2,(H,13,14). The molecule has 1 amide bonds. The van der Waals surface area contributed by atoms with Gasteiger partial charge in [0.1, 0.15) is 0 Å². The van der Waals surface area contributed by atoms with Crippen molar-refractivity contribution in [3.63, 3.8) is 0 Å². The SMILES string of the molecule is O=C(CCOC1CCNCC1)NC1CC1. The molecule has 0 unspecified atom stereocenters. The zero-order valence-corrected chi connectivity index (χ0v) is 9.13. The van der Waals surface area contributed by atoms with Crippen molar-refractivity contribution in [1.29, 1.82) is 0 Å². The van der Waals surface area contributed by atoms with E-state index in [0.29, 0.717) is 25.2 Å². The minimum absolute atomic E-state index is 0.145. The Bertz CT molecular complexity index is 211. The quantitative estimate of drug-likeness (QED) is 0.694. The number of ether oxygens (including phenoxy) is 1. The fourth-order valence-electron chi connectivity index (χ4n) is 1.81. The summed E-state index contributed by atoms with van der Waals surface area (Å²) in [5.74, 6) is 0.145. The zero-order valence-electron chi connectivity index (χ0n) is 9.13. The summed E-state index contributed by atoms with van der Waals surface area (Å²) in [7, 11) is 0. The van der Waals surface area contributed by atoms with Crippen LogP contribution in [0.4, 0.5) is 0 Å². The van der Waals surface area contributed by atoms with Crippen molar-refractivity contribution in [2.75, 3.05) is 19.7 Å². The van der Waals surface area contributed by atoms with Gasteiger partial charge in [-0.1, -0.05) is 0 Å². The van der Waals surface area contributed by atoms with E-state index in [2.05, 4.69) is 10.6 Å². The third kappa shape index (κ3) is 4.18. The van der Waals surface area contributed by atoms with Crippen LogP contribution in [0.1, 0.15) is 32.1 Å². The lowest BCUT2D eigenvalue weighted by Gasteiger charge is -2.22. The summed E-state index contributed by atoms with van der Waals surface area (Å²) in [6.45, 7) is 2.65. The van der Waals surface area contributed by atoms with Crippen LogP contribution in [0.5, 0.6) is 0 Å². The van der Waals surface area contributed by atoms with Gasteiger partial charge in [0, 0.05) is 12.5 Å². The van der Waals surface area contributed by atoms with Gasteiger partial charge in [0.2, 0.25) is 5.91 Å². The first-order valence-corrected chi connectivity index (χ1v) is 5.96. The lowest BCUT2D eigenvalue weighted by atomic mass is 10.1. The molecule has 2 N–H and O–H groups in total. The van der Waals surface area contributed by atoms with E-state index in [1.165, 1.54) is 0 Å². The Labute approximate surface area is 90.8 Å². The minimum Gasteiger partial charge on any atom is -0.378 e. The monoisotopic (exact) mass is 212 g/mol. The molecule has 0 aromatic carbocycles. The highest BCUT2D eigenvalue weighted by molar-refractivity contribution is 5.76. The van der Waals surface area contributed by atoms with Gasteiger partial charge in [-0.15, -0.1) is 0 Å². The number of hydrogen-bond donors (Lipinski definition) is 2. The summed E-state index contributed by atoms with van der Waals surface area (Å²) in [6.07, 6.45) is 5.33. The van der Waals surface area contributed by atoms with Crippen molar-refractivity contribution >= 4 is 5.91 Å². The second-order valence-corrected chi connectivity index (χ2v) is 4.41. The van der Waals surface area contributed by atoms with Gasteiger partial charge in [-0.25, -0.2) is 0 Å². The van der Waals surface area contributed by atoms with Crippen LogP contribution in [-0.4, -0.2) is 37.7 Å². The summed E-state index contributed by atoms with van der Waals surface area (Å²) in [5.41, 5.74) is 0. The van der Waals surface area contributed by atoms with Crippen molar-refractivity contribution < 1.29 is 9.53 Å². The van der Waals surface area contributed by atoms with Crippen molar-refractivity contribution in [3.05, 3.63) is 0 Å². The molecule has 4 heteroatoms. The highest BCUT2D eigenvalue weighted by atomic mass is 16.5. The van der Waals surface area contributed by atoms with Gasteiger partial charge in [-0.3, -0.25) is 4.79 Å². The Morgan fingerprint density at radius 3 is 2.67 bits per heavy atom. The summed E-state index contributed by atoms with van der Waals surface area (Å²) >= 11 is 0. The highest BCUT2D eigenvalue weighted by Crippen LogP contribution is 2.18. The fourth-order valence-corrected chi connectivity index (χ4v) is 1.81. The van der Waals surface area contributed by atoms with E-state index in [4.69, 9.17) is 4.74 Å². The molecule has 4 nitrogen and oxygen atoms in total. The van der Waals surface area contributed by atoms with E-state index < -0.39 is 0 Å². The predicted octanol–water partition coefficient (Wildman–Crippen LogP) is 0.424. The van der Waals surface area contributed by atoms with Gasteiger partial charge >= 0.3 is 0 Å². The number of carbonyl (C=O) groups excluding carboxylic acids is 1. The smallest absolute Gasteiger partial charge is 0.222 e. The zero-order chi connectivity index (χ0) is 10.5. The average Bonchev–Trinajstić information content (AvgIpc) is 3.03. The number of rotatable bonds is 5. The second kappa shape index (κ2) is 5.47. The molecule has 2 rings (SSSR count). The van der Waals surface area contributed by atoms with E-state index >= 15 is 0 Å². The van der Waals surface area contributed by atoms with Crippen molar-refractivity contribution in [1.82, 2.24) is 10.6 Å². The summed E-state index contributed by atoms with van der Waals surface area (Å²) in [4.78, 5) is 11.3. The first-order chi connectivity index (χ1) is 7.34. The molecule has 0 bridgehead atoms. The minimum atomic E-state index is 0.145. The molecule has 1 saturated heterocycles. The predicted molar refractivity (Wildman–Crippen MR) is 57.6 cm³/mol. The first-order valence-electron chi connectivity index (χ1n) is 5.96. The first kappa shape index (κ1) is 10.9. The molecule has 0 atom stereocenters. The molecule has 2 aliphatic rings. The number of carbonyl (C=O) groups is 1. The molecule has 86 valence electrons. The van der Waals surface area contributed by atoms with E-state index in [0.717, 1.165) is 38.8 Å². The molecule has 2 fully saturated rings. The van der Waals surface area contributed by atoms with E-state index in [1.54, 1.807) is 0 Å². The van der Waals surface area contributed by atoms with Gasteiger partial charge in [0.15, 0.2) is 0 Å². The maximum Gasteiger partial charge on any atom is 0.222 e. The Morgan fingerprint density at radius 2 is 2.00 bits per heavy atom. The van der Waals surface area contributed by atoms with Crippen LogP contribution in [0.3, 0.4) is 0 Å². The number of nitrogens with one attached hydrogen (secondary N) is 2. The van der Waals surface area contributed by atoms with Crippen LogP contribution in [0.15, 0.2) is 0 Å². The molecule has 1 aliphatic heterocycles. The maximum absolute atomic E-state index is 11.3. The Balaban J connectivity index is 1.51. The van der Waals surface area contributed by atoms with Crippen LogP contribution in [0, 0.1) is 0 Å². The van der Waals surface area contributed by atoms with Crippen LogP contribution in [0.2, 0.25) is 0 Å². The normalized spacial score (nSPS) is 22.7. The lowest BCUT2D eigenvalue weighted by molar-refractivity contribution is -0.122. The summed E-state index contributed by atoms with van der Waals surface area (Å²) in [5, 5.41) is 6.25. The summed E-state index contributed by atoms with van der Waals surface area (Å²) < 4.78 is 5.65. The lowest BCUT2D eigenvalue weighted by Crippen LogP contribution is -2.33. The van der Waals surface area contributed by atoms with Crippen LogP contribution in [-0.2, 0) is 9.53 Å². The summed E-state index contributed by atoms with van der Waals surface area (Å²) in [6, 6.07) is 0.469. The number of hydrogen-bond acceptors (Lipinski definition) is 3. The van der Waals surface area contributed by atoms with Gasteiger partial charge < -0.3 is 15.4 Å². The van der Waals surface area contributed by atoms with Gasteiger partial charge in [0.05, 0.1) is 12.7 Å². The average molecular weight is 212 g/mol. The molecule has 0 spiro atoms. The Kier molecular flexibility index (Phi) is 3.97. The van der Waals surface area contributed by atoms with Crippen molar-refractivity contribution in [3.8, 4) is 0 Å². The topological polar surface area (TPSA) is 50.4 Å². The molecule has 0 radical (unpaired) electrons. The van der Waals surface area contributed by atoms with Gasteiger partial charge in [-0.05, 0) is 38.8 Å². The highest BCUT2D eigenvalue weighted by Gasteiger charge is 2.23. The van der Waals surface area contributed by atoms with Gasteiger partial charge in [0.25, 0.3) is 0 Å². The number of amides is 1. The molecular weight excluding hydrogens is 192 g/mol. The molecule has 1 heterocycles. The number of piperidine rings is 1. The van der Waals surface area contributed by atoms with Crippen molar-refractivity contribution in [2.45, 2.75) is 44.2 Å². The molecule has 1 saturated carbocycles. The second-order valence-electron chi connectivity index (χ2n) is 4.41. The molecule has 15 heavy (non-hydrogen) atoms. The van der Waals surface area contributed by atoms with Crippen molar-refractivity contribution in [2.24, 2.45) is 0 Å².